The lowest BCUT2D eigenvalue weighted by atomic mass is 10.1. The van der Waals surface area contributed by atoms with Crippen molar-refractivity contribution in [2.45, 2.75) is 20.4 Å². The molecule has 1 N–H and O–H groups in total. The standard InChI is InChI=1S/C24H23N3O2/c1-16-11-12-19(13-17(16)2)25-23(28)15-27-22-10-5-4-9-21(22)26-24(27)18-7-6-8-20(14-18)29-3/h4-14H,15H2,1-3H3,(H,25,28). The fraction of sp³-hybridized carbons (Fsp3) is 0.167. The molecule has 146 valence electrons. The number of carbonyl (C=O) groups is 1. The zero-order valence-electron chi connectivity index (χ0n) is 16.8. The summed E-state index contributed by atoms with van der Waals surface area (Å²) in [7, 11) is 1.64. The maximum atomic E-state index is 12.8. The summed E-state index contributed by atoms with van der Waals surface area (Å²) in [4.78, 5) is 17.6. The van der Waals surface area contributed by atoms with E-state index in [1.54, 1.807) is 7.11 Å². The van der Waals surface area contributed by atoms with E-state index in [0.29, 0.717) is 0 Å². The van der Waals surface area contributed by atoms with E-state index in [1.165, 1.54) is 5.56 Å². The molecule has 0 aliphatic heterocycles. The number of aromatic nitrogens is 2. The Balaban J connectivity index is 1.70. The molecule has 0 saturated heterocycles. The van der Waals surface area contributed by atoms with Gasteiger partial charge in [0.1, 0.15) is 18.1 Å². The van der Waals surface area contributed by atoms with Crippen LogP contribution in [0, 0.1) is 13.8 Å². The van der Waals surface area contributed by atoms with Crippen LogP contribution >= 0.6 is 0 Å². The number of anilines is 1. The van der Waals surface area contributed by atoms with Crippen molar-refractivity contribution in [2.24, 2.45) is 0 Å². The number of rotatable bonds is 5. The Morgan fingerprint density at radius 3 is 2.62 bits per heavy atom. The van der Waals surface area contributed by atoms with E-state index in [4.69, 9.17) is 9.72 Å². The summed E-state index contributed by atoms with van der Waals surface area (Å²) in [5.74, 6) is 1.39. The molecule has 0 saturated carbocycles. The van der Waals surface area contributed by atoms with E-state index in [1.807, 2.05) is 78.2 Å². The number of methoxy groups -OCH3 is 1. The lowest BCUT2D eigenvalue weighted by Crippen LogP contribution is -2.19. The van der Waals surface area contributed by atoms with Crippen molar-refractivity contribution >= 4 is 22.6 Å². The molecule has 0 fully saturated rings. The molecular formula is C24H23N3O2. The van der Waals surface area contributed by atoms with E-state index in [0.717, 1.165) is 39.4 Å². The number of nitrogens with zero attached hydrogens (tertiary/aromatic N) is 2. The molecule has 4 aromatic rings. The maximum absolute atomic E-state index is 12.8. The summed E-state index contributed by atoms with van der Waals surface area (Å²) in [6.45, 7) is 4.26. The van der Waals surface area contributed by atoms with Crippen molar-refractivity contribution in [3.63, 3.8) is 0 Å². The molecule has 0 radical (unpaired) electrons. The summed E-state index contributed by atoms with van der Waals surface area (Å²) < 4.78 is 7.30. The van der Waals surface area contributed by atoms with Gasteiger partial charge in [-0.1, -0.05) is 30.3 Å². The highest BCUT2D eigenvalue weighted by atomic mass is 16.5. The van der Waals surface area contributed by atoms with Crippen molar-refractivity contribution in [1.82, 2.24) is 9.55 Å². The van der Waals surface area contributed by atoms with Crippen LogP contribution in [0.25, 0.3) is 22.4 Å². The van der Waals surface area contributed by atoms with Crippen LogP contribution in [0.5, 0.6) is 5.75 Å². The molecule has 29 heavy (non-hydrogen) atoms. The first kappa shape index (κ1) is 18.7. The quantitative estimate of drug-likeness (QED) is 0.528. The number of benzene rings is 3. The first-order valence-corrected chi connectivity index (χ1v) is 9.52. The van der Waals surface area contributed by atoms with E-state index in [2.05, 4.69) is 12.2 Å². The number of aryl methyl sites for hydroxylation is 2. The minimum atomic E-state index is -0.0967. The predicted molar refractivity (Wildman–Crippen MR) is 116 cm³/mol. The van der Waals surface area contributed by atoms with Crippen molar-refractivity contribution in [3.05, 3.63) is 77.9 Å². The van der Waals surface area contributed by atoms with Crippen molar-refractivity contribution in [3.8, 4) is 17.1 Å². The second kappa shape index (κ2) is 7.80. The van der Waals surface area contributed by atoms with Gasteiger partial charge in [0.2, 0.25) is 5.91 Å². The zero-order chi connectivity index (χ0) is 20.4. The topological polar surface area (TPSA) is 56.2 Å². The largest absolute Gasteiger partial charge is 0.497 e. The second-order valence-corrected chi connectivity index (χ2v) is 7.09. The molecule has 1 amide bonds. The number of para-hydroxylation sites is 2. The number of amides is 1. The maximum Gasteiger partial charge on any atom is 0.244 e. The molecular weight excluding hydrogens is 362 g/mol. The first-order valence-electron chi connectivity index (χ1n) is 9.52. The predicted octanol–water partition coefficient (Wildman–Crippen LogP) is 4.97. The number of imidazole rings is 1. The van der Waals surface area contributed by atoms with E-state index in [9.17, 15) is 4.79 Å². The first-order chi connectivity index (χ1) is 14.0. The fourth-order valence-electron chi connectivity index (χ4n) is 3.38. The van der Waals surface area contributed by atoms with Gasteiger partial charge in [-0.2, -0.15) is 0 Å². The molecule has 1 heterocycles. The van der Waals surface area contributed by atoms with Gasteiger partial charge in [-0.25, -0.2) is 4.98 Å². The third-order valence-electron chi connectivity index (χ3n) is 5.07. The number of carbonyl (C=O) groups excluding carboxylic acids is 1. The van der Waals surface area contributed by atoms with Gasteiger partial charge >= 0.3 is 0 Å². The van der Waals surface area contributed by atoms with Gasteiger partial charge in [0.05, 0.1) is 18.1 Å². The molecule has 0 atom stereocenters. The van der Waals surface area contributed by atoms with Gasteiger partial charge in [0.25, 0.3) is 0 Å². The smallest absolute Gasteiger partial charge is 0.244 e. The van der Waals surface area contributed by atoms with E-state index >= 15 is 0 Å². The van der Waals surface area contributed by atoms with E-state index < -0.39 is 0 Å². The van der Waals surface area contributed by atoms with Gasteiger partial charge < -0.3 is 14.6 Å². The zero-order valence-corrected chi connectivity index (χ0v) is 16.8. The second-order valence-electron chi connectivity index (χ2n) is 7.09. The van der Waals surface area contributed by atoms with Gasteiger partial charge in [-0.3, -0.25) is 4.79 Å². The molecule has 3 aromatic carbocycles. The average molecular weight is 385 g/mol. The van der Waals surface area contributed by atoms with Gasteiger partial charge in [-0.05, 0) is 61.4 Å². The van der Waals surface area contributed by atoms with Crippen LogP contribution in [0.1, 0.15) is 11.1 Å². The minimum absolute atomic E-state index is 0.0967. The SMILES string of the molecule is COc1cccc(-c2nc3ccccc3n2CC(=O)Nc2ccc(C)c(C)c2)c1. The highest BCUT2D eigenvalue weighted by molar-refractivity contribution is 5.92. The van der Waals surface area contributed by atoms with Crippen LogP contribution in [0.4, 0.5) is 5.69 Å². The molecule has 0 unspecified atom stereocenters. The number of nitrogens with one attached hydrogen (secondary N) is 1. The Morgan fingerprint density at radius 1 is 1.00 bits per heavy atom. The molecule has 4 rings (SSSR count). The van der Waals surface area contributed by atoms with Crippen LogP contribution in [-0.4, -0.2) is 22.6 Å². The van der Waals surface area contributed by atoms with Crippen LogP contribution in [-0.2, 0) is 11.3 Å². The number of ether oxygens (including phenoxy) is 1. The Bertz CT molecular complexity index is 1190. The Morgan fingerprint density at radius 2 is 1.83 bits per heavy atom. The van der Waals surface area contributed by atoms with Crippen molar-refractivity contribution in [1.29, 1.82) is 0 Å². The highest BCUT2D eigenvalue weighted by Gasteiger charge is 2.16. The Labute approximate surface area is 170 Å². The third kappa shape index (κ3) is 3.85. The van der Waals surface area contributed by atoms with E-state index in [-0.39, 0.29) is 12.5 Å². The summed E-state index contributed by atoms with van der Waals surface area (Å²) in [5, 5.41) is 3.00. The molecule has 5 nitrogen and oxygen atoms in total. The van der Waals surface area contributed by atoms with Crippen LogP contribution in [0.3, 0.4) is 0 Å². The number of hydrogen-bond acceptors (Lipinski definition) is 3. The van der Waals surface area contributed by atoms with Crippen LogP contribution in [0.2, 0.25) is 0 Å². The summed E-state index contributed by atoms with van der Waals surface area (Å²) in [5.41, 5.74) is 5.81. The molecule has 0 spiro atoms. The molecule has 5 heteroatoms. The fourth-order valence-corrected chi connectivity index (χ4v) is 3.38. The van der Waals surface area contributed by atoms with Crippen molar-refractivity contribution in [2.75, 3.05) is 12.4 Å². The monoisotopic (exact) mass is 385 g/mol. The van der Waals surface area contributed by atoms with Crippen molar-refractivity contribution < 1.29 is 9.53 Å². The number of hydrogen-bond donors (Lipinski definition) is 1. The van der Waals surface area contributed by atoms with Gasteiger partial charge in [-0.15, -0.1) is 0 Å². The van der Waals surface area contributed by atoms with Crippen LogP contribution in [0.15, 0.2) is 66.7 Å². The molecule has 1 aromatic heterocycles. The average Bonchev–Trinajstić information content (AvgIpc) is 3.09. The summed E-state index contributed by atoms with van der Waals surface area (Å²) in [6, 6.07) is 21.5. The lowest BCUT2D eigenvalue weighted by molar-refractivity contribution is -0.116. The molecule has 0 aliphatic rings. The summed E-state index contributed by atoms with van der Waals surface area (Å²) >= 11 is 0. The lowest BCUT2D eigenvalue weighted by Gasteiger charge is -2.12. The normalized spacial score (nSPS) is 10.9. The highest BCUT2D eigenvalue weighted by Crippen LogP contribution is 2.27. The molecule has 0 bridgehead atoms. The Kier molecular flexibility index (Phi) is 5.04. The molecule has 0 aliphatic carbocycles. The van der Waals surface area contributed by atoms with Crippen LogP contribution < -0.4 is 10.1 Å². The summed E-state index contributed by atoms with van der Waals surface area (Å²) in [6.07, 6.45) is 0. The minimum Gasteiger partial charge on any atom is -0.497 e. The third-order valence-corrected chi connectivity index (χ3v) is 5.07. The Hall–Kier alpha value is -3.60. The van der Waals surface area contributed by atoms with Gasteiger partial charge in [0.15, 0.2) is 0 Å². The number of fused-ring (bicyclic) bond motifs is 1. The van der Waals surface area contributed by atoms with Gasteiger partial charge in [0, 0.05) is 11.3 Å².